The van der Waals surface area contributed by atoms with Gasteiger partial charge in [-0.25, -0.2) is 4.98 Å². The number of hydrogen-bond acceptors (Lipinski definition) is 4. The Morgan fingerprint density at radius 1 is 1.50 bits per heavy atom. The van der Waals surface area contributed by atoms with Crippen molar-refractivity contribution in [3.63, 3.8) is 0 Å². The molecule has 1 aromatic heterocycles. The van der Waals surface area contributed by atoms with Crippen molar-refractivity contribution in [3.05, 3.63) is 42.5 Å². The van der Waals surface area contributed by atoms with Gasteiger partial charge in [0.2, 0.25) is 0 Å². The van der Waals surface area contributed by atoms with Crippen LogP contribution in [-0.4, -0.2) is 28.0 Å². The van der Waals surface area contributed by atoms with Crippen LogP contribution in [0.4, 0.5) is 5.69 Å². The molecule has 0 radical (unpaired) electrons. The number of fused-ring (bicyclic) bond motifs is 1. The summed E-state index contributed by atoms with van der Waals surface area (Å²) >= 11 is 0. The number of rotatable bonds is 4. The normalized spacial score (nSPS) is 16.9. The molecule has 1 N–H and O–H groups in total. The van der Waals surface area contributed by atoms with Gasteiger partial charge in [0.25, 0.3) is 0 Å². The zero-order valence-corrected chi connectivity index (χ0v) is 11.4. The highest BCUT2D eigenvalue weighted by Gasteiger charge is 2.26. The molecule has 0 fully saturated rings. The Labute approximate surface area is 117 Å². The van der Waals surface area contributed by atoms with Crippen molar-refractivity contribution in [1.29, 1.82) is 0 Å². The van der Waals surface area contributed by atoms with E-state index in [-0.39, 0.29) is 5.78 Å². The molecule has 3 rings (SSSR count). The van der Waals surface area contributed by atoms with E-state index in [0.29, 0.717) is 13.0 Å². The topological polar surface area (TPSA) is 56.2 Å². The highest BCUT2D eigenvalue weighted by Crippen LogP contribution is 2.28. The second kappa shape index (κ2) is 5.36. The van der Waals surface area contributed by atoms with Crippen LogP contribution < -0.4 is 10.1 Å². The van der Waals surface area contributed by atoms with Crippen molar-refractivity contribution in [2.24, 2.45) is 0 Å². The van der Waals surface area contributed by atoms with Crippen molar-refractivity contribution in [3.8, 4) is 5.75 Å². The summed E-state index contributed by atoms with van der Waals surface area (Å²) in [6.45, 7) is 3.35. The summed E-state index contributed by atoms with van der Waals surface area (Å²) < 4.78 is 7.74. The van der Waals surface area contributed by atoms with Gasteiger partial charge in [0.1, 0.15) is 11.6 Å². The molecular formula is C15H17N3O2. The molecule has 1 unspecified atom stereocenters. The van der Waals surface area contributed by atoms with E-state index in [1.54, 1.807) is 6.20 Å². The largest absolute Gasteiger partial charge is 0.479 e. The second-order valence-corrected chi connectivity index (χ2v) is 4.76. The number of hydrogen-bond donors (Lipinski definition) is 1. The zero-order valence-electron chi connectivity index (χ0n) is 11.4. The summed E-state index contributed by atoms with van der Waals surface area (Å²) in [5.41, 5.74) is 0.937. The summed E-state index contributed by atoms with van der Waals surface area (Å²) in [5, 5.41) is 3.23. The first-order valence-electron chi connectivity index (χ1n) is 6.80. The van der Waals surface area contributed by atoms with Gasteiger partial charge in [-0.05, 0) is 19.1 Å². The van der Waals surface area contributed by atoms with E-state index in [0.717, 1.165) is 23.8 Å². The van der Waals surface area contributed by atoms with Crippen molar-refractivity contribution >= 4 is 11.5 Å². The highest BCUT2D eigenvalue weighted by atomic mass is 16.5. The van der Waals surface area contributed by atoms with Gasteiger partial charge in [-0.15, -0.1) is 0 Å². The van der Waals surface area contributed by atoms with Gasteiger partial charge in [-0.2, -0.15) is 0 Å². The maximum absolute atomic E-state index is 12.3. The number of ether oxygens (including phenoxy) is 1. The number of benzene rings is 1. The van der Waals surface area contributed by atoms with Crippen LogP contribution in [-0.2, 0) is 17.8 Å². The monoisotopic (exact) mass is 271 g/mol. The van der Waals surface area contributed by atoms with Gasteiger partial charge in [0.05, 0.1) is 18.7 Å². The quantitative estimate of drug-likeness (QED) is 0.922. The van der Waals surface area contributed by atoms with Gasteiger partial charge in [-0.1, -0.05) is 12.1 Å². The number of ketones is 1. The number of carbonyl (C=O) groups excluding carboxylic acids is 1. The van der Waals surface area contributed by atoms with Crippen LogP contribution in [0.5, 0.6) is 5.75 Å². The molecule has 5 heteroatoms. The molecule has 0 saturated carbocycles. The standard InChI is InChI=1S/C15H17N3O2/c1-2-18-8-7-16-15(18)9-12(19)14-10-17-11-5-3-4-6-13(11)20-14/h3-8,14,17H,2,9-10H2,1H3. The van der Waals surface area contributed by atoms with Crippen molar-refractivity contribution in [2.75, 3.05) is 11.9 Å². The number of aromatic nitrogens is 2. The molecule has 5 nitrogen and oxygen atoms in total. The Kier molecular flexibility index (Phi) is 3.41. The van der Waals surface area contributed by atoms with Gasteiger partial charge in [-0.3, -0.25) is 4.79 Å². The molecule has 0 saturated heterocycles. The molecule has 0 spiro atoms. The van der Waals surface area contributed by atoms with E-state index in [1.165, 1.54) is 0 Å². The minimum atomic E-state index is -0.452. The average Bonchev–Trinajstić information content (AvgIpc) is 2.94. The summed E-state index contributed by atoms with van der Waals surface area (Å²) in [5.74, 6) is 1.57. The van der Waals surface area contributed by atoms with Crippen LogP contribution in [0.1, 0.15) is 12.7 Å². The number of anilines is 1. The first kappa shape index (κ1) is 12.7. The lowest BCUT2D eigenvalue weighted by Gasteiger charge is -2.26. The predicted molar refractivity (Wildman–Crippen MR) is 76.0 cm³/mol. The van der Waals surface area contributed by atoms with Crippen LogP contribution in [0.3, 0.4) is 0 Å². The first-order valence-corrected chi connectivity index (χ1v) is 6.80. The maximum Gasteiger partial charge on any atom is 0.182 e. The fourth-order valence-corrected chi connectivity index (χ4v) is 2.36. The number of nitrogens with zero attached hydrogens (tertiary/aromatic N) is 2. The van der Waals surface area contributed by atoms with Crippen LogP contribution >= 0.6 is 0 Å². The fourth-order valence-electron chi connectivity index (χ4n) is 2.36. The lowest BCUT2D eigenvalue weighted by molar-refractivity contribution is -0.124. The maximum atomic E-state index is 12.3. The third kappa shape index (κ3) is 2.39. The first-order chi connectivity index (χ1) is 9.78. The summed E-state index contributed by atoms with van der Waals surface area (Å²) in [7, 11) is 0. The van der Waals surface area contributed by atoms with Gasteiger partial charge in [0.15, 0.2) is 11.9 Å². The van der Waals surface area contributed by atoms with Crippen molar-refractivity contribution < 1.29 is 9.53 Å². The third-order valence-corrected chi connectivity index (χ3v) is 3.47. The molecule has 1 aliphatic heterocycles. The minimum absolute atomic E-state index is 0.0490. The van der Waals surface area contributed by atoms with Crippen LogP contribution in [0.2, 0.25) is 0 Å². The molecule has 2 heterocycles. The molecule has 0 amide bonds. The number of para-hydroxylation sites is 2. The summed E-state index contributed by atoms with van der Waals surface area (Å²) in [6.07, 6.45) is 3.46. The predicted octanol–water partition coefficient (Wildman–Crippen LogP) is 1.89. The Hall–Kier alpha value is -2.30. The third-order valence-electron chi connectivity index (χ3n) is 3.47. The number of nitrogens with one attached hydrogen (secondary N) is 1. The Bertz CT molecular complexity index is 621. The fraction of sp³-hybridized carbons (Fsp3) is 0.333. The average molecular weight is 271 g/mol. The van der Waals surface area contributed by atoms with Crippen LogP contribution in [0, 0.1) is 0 Å². The van der Waals surface area contributed by atoms with E-state index in [9.17, 15) is 4.79 Å². The van der Waals surface area contributed by atoms with E-state index in [4.69, 9.17) is 4.74 Å². The van der Waals surface area contributed by atoms with Crippen LogP contribution in [0.15, 0.2) is 36.7 Å². The van der Waals surface area contributed by atoms with E-state index < -0.39 is 6.10 Å². The SMILES string of the molecule is CCn1ccnc1CC(=O)C1CNc2ccccc2O1. The van der Waals surface area contributed by atoms with E-state index in [2.05, 4.69) is 10.3 Å². The molecule has 20 heavy (non-hydrogen) atoms. The lowest BCUT2D eigenvalue weighted by atomic mass is 10.1. The number of aryl methyl sites for hydroxylation is 1. The zero-order chi connectivity index (χ0) is 13.9. The molecule has 2 aromatic rings. The molecule has 1 aromatic carbocycles. The molecular weight excluding hydrogens is 254 g/mol. The molecule has 0 aliphatic carbocycles. The van der Waals surface area contributed by atoms with Crippen molar-refractivity contribution in [2.45, 2.75) is 26.0 Å². The Morgan fingerprint density at radius 2 is 2.35 bits per heavy atom. The molecule has 1 aliphatic rings. The Balaban J connectivity index is 1.70. The van der Waals surface area contributed by atoms with Gasteiger partial charge >= 0.3 is 0 Å². The number of carbonyl (C=O) groups is 1. The lowest BCUT2D eigenvalue weighted by Crippen LogP contribution is -2.39. The van der Waals surface area contributed by atoms with Gasteiger partial charge in [0, 0.05) is 18.9 Å². The Morgan fingerprint density at radius 3 is 3.20 bits per heavy atom. The molecule has 1 atom stereocenters. The van der Waals surface area contributed by atoms with E-state index in [1.807, 2.05) is 42.0 Å². The summed E-state index contributed by atoms with van der Waals surface area (Å²) in [6, 6.07) is 7.65. The second-order valence-electron chi connectivity index (χ2n) is 4.76. The minimum Gasteiger partial charge on any atom is -0.479 e. The highest BCUT2D eigenvalue weighted by molar-refractivity contribution is 5.86. The summed E-state index contributed by atoms with van der Waals surface area (Å²) in [4.78, 5) is 16.6. The molecule has 0 bridgehead atoms. The van der Waals surface area contributed by atoms with Crippen LogP contribution in [0.25, 0.3) is 0 Å². The van der Waals surface area contributed by atoms with E-state index >= 15 is 0 Å². The van der Waals surface area contributed by atoms with Crippen molar-refractivity contribution in [1.82, 2.24) is 9.55 Å². The molecule has 104 valence electrons. The smallest absolute Gasteiger partial charge is 0.182 e. The number of Topliss-reactive ketones (excluding diaryl/α,β-unsaturated/α-hetero) is 1. The number of imidazole rings is 1. The van der Waals surface area contributed by atoms with Gasteiger partial charge < -0.3 is 14.6 Å².